The molecule has 0 atom stereocenters. The number of nitrogen functional groups attached to an aromatic ring is 1. The van der Waals surface area contributed by atoms with Gasteiger partial charge in [-0.3, -0.25) is 0 Å². The van der Waals surface area contributed by atoms with Crippen LogP contribution in [-0.2, 0) is 10.0 Å². The van der Waals surface area contributed by atoms with Crippen molar-refractivity contribution >= 4 is 27.1 Å². The molecule has 0 radical (unpaired) electrons. The highest BCUT2D eigenvalue weighted by Crippen LogP contribution is 2.34. The normalized spacial score (nSPS) is 11.4. The van der Waals surface area contributed by atoms with Gasteiger partial charge >= 0.3 is 0 Å². The second-order valence-electron chi connectivity index (χ2n) is 4.82. The molecule has 0 spiro atoms. The summed E-state index contributed by atoms with van der Waals surface area (Å²) in [7, 11) is -3.84. The van der Waals surface area contributed by atoms with Crippen molar-refractivity contribution in [3.8, 4) is 0 Å². The van der Waals surface area contributed by atoms with Crippen molar-refractivity contribution in [1.82, 2.24) is 0 Å². The monoisotopic (exact) mass is 305 g/mol. The fourth-order valence-electron chi connectivity index (χ4n) is 2.30. The maximum absolute atomic E-state index is 11.6. The van der Waals surface area contributed by atoms with Crippen LogP contribution in [0.4, 0.5) is 17.1 Å². The lowest BCUT2D eigenvalue weighted by Gasteiger charge is -2.25. The highest BCUT2D eigenvalue weighted by Gasteiger charge is 2.18. The molecule has 4 N–H and O–H groups in total. The van der Waals surface area contributed by atoms with Crippen LogP contribution in [0.3, 0.4) is 0 Å². The van der Waals surface area contributed by atoms with Gasteiger partial charge < -0.3 is 10.6 Å². The van der Waals surface area contributed by atoms with Crippen LogP contribution in [0.25, 0.3) is 0 Å². The molecule has 0 unspecified atom stereocenters. The van der Waals surface area contributed by atoms with Gasteiger partial charge in [-0.25, -0.2) is 13.6 Å². The summed E-state index contributed by atoms with van der Waals surface area (Å²) in [6.07, 6.45) is 0. The summed E-state index contributed by atoms with van der Waals surface area (Å²) in [6, 6.07) is 12.8. The third kappa shape index (κ3) is 3.17. The van der Waals surface area contributed by atoms with E-state index in [2.05, 4.69) is 0 Å². The van der Waals surface area contributed by atoms with Crippen molar-refractivity contribution in [3.63, 3.8) is 0 Å². The van der Waals surface area contributed by atoms with Gasteiger partial charge in [0.2, 0.25) is 10.0 Å². The highest BCUT2D eigenvalue weighted by molar-refractivity contribution is 7.89. The maximum Gasteiger partial charge on any atom is 0.240 e. The highest BCUT2D eigenvalue weighted by atomic mass is 32.2. The number of hydrogen-bond donors (Lipinski definition) is 2. The molecule has 0 aromatic heterocycles. The third-order valence-corrected chi connectivity index (χ3v) is 4.24. The number of sulfonamides is 1. The second-order valence-corrected chi connectivity index (χ2v) is 6.35. The molecule has 112 valence electrons. The lowest BCUT2D eigenvalue weighted by molar-refractivity contribution is 0.598. The van der Waals surface area contributed by atoms with E-state index in [-0.39, 0.29) is 10.6 Å². The zero-order valence-electron chi connectivity index (χ0n) is 12.1. The van der Waals surface area contributed by atoms with E-state index >= 15 is 0 Å². The summed E-state index contributed by atoms with van der Waals surface area (Å²) in [5, 5.41) is 5.20. The number of nitrogens with two attached hydrogens (primary N) is 2. The van der Waals surface area contributed by atoms with E-state index in [4.69, 9.17) is 10.9 Å². The number of anilines is 3. The molecule has 0 aliphatic heterocycles. The van der Waals surface area contributed by atoms with Crippen LogP contribution in [0, 0.1) is 6.92 Å². The fourth-order valence-corrected chi connectivity index (χ4v) is 2.98. The van der Waals surface area contributed by atoms with E-state index in [1.54, 1.807) is 12.1 Å². The first kappa shape index (κ1) is 15.3. The van der Waals surface area contributed by atoms with Gasteiger partial charge in [-0.05, 0) is 43.7 Å². The van der Waals surface area contributed by atoms with Crippen LogP contribution in [0.1, 0.15) is 12.5 Å². The average molecular weight is 305 g/mol. The summed E-state index contributed by atoms with van der Waals surface area (Å²) in [6.45, 7) is 4.63. The Kier molecular flexibility index (Phi) is 4.20. The van der Waals surface area contributed by atoms with Crippen LogP contribution < -0.4 is 15.8 Å². The first-order valence-electron chi connectivity index (χ1n) is 6.60. The number of hydrogen-bond acceptors (Lipinski definition) is 4. The summed E-state index contributed by atoms with van der Waals surface area (Å²) in [5.41, 5.74) is 8.90. The molecule has 5 nitrogen and oxygen atoms in total. The van der Waals surface area contributed by atoms with Crippen LogP contribution in [0.2, 0.25) is 0 Å². The molecule has 0 amide bonds. The van der Waals surface area contributed by atoms with Crippen LogP contribution in [0.15, 0.2) is 47.4 Å². The minimum atomic E-state index is -3.84. The number of para-hydroxylation sites is 1. The molecule has 0 aliphatic carbocycles. The SMILES string of the molecule is CCN(c1cccc(C)c1)c1cccc(S(N)(=O)=O)c1N. The molecule has 0 heterocycles. The number of nitrogens with zero attached hydrogens (tertiary/aromatic N) is 1. The van der Waals surface area contributed by atoms with Gasteiger partial charge in [0.15, 0.2) is 0 Å². The summed E-state index contributed by atoms with van der Waals surface area (Å²) in [5.74, 6) is 0. The molecule has 2 aromatic carbocycles. The Morgan fingerprint density at radius 3 is 2.38 bits per heavy atom. The van der Waals surface area contributed by atoms with Crippen LogP contribution in [0.5, 0.6) is 0 Å². The Morgan fingerprint density at radius 1 is 1.14 bits per heavy atom. The van der Waals surface area contributed by atoms with E-state index in [9.17, 15) is 8.42 Å². The largest absolute Gasteiger partial charge is 0.396 e. The summed E-state index contributed by atoms with van der Waals surface area (Å²) < 4.78 is 23.2. The van der Waals surface area contributed by atoms with E-state index < -0.39 is 10.0 Å². The maximum atomic E-state index is 11.6. The van der Waals surface area contributed by atoms with Gasteiger partial charge in [-0.15, -0.1) is 0 Å². The summed E-state index contributed by atoms with van der Waals surface area (Å²) >= 11 is 0. The average Bonchev–Trinajstić information content (AvgIpc) is 2.40. The molecule has 6 heteroatoms. The predicted octanol–water partition coefficient (Wildman–Crippen LogP) is 2.38. The second kappa shape index (κ2) is 5.75. The Balaban J connectivity index is 2.59. The van der Waals surface area contributed by atoms with E-state index in [0.717, 1.165) is 11.3 Å². The van der Waals surface area contributed by atoms with Gasteiger partial charge in [0.05, 0.1) is 11.4 Å². The number of primary sulfonamides is 1. The zero-order valence-corrected chi connectivity index (χ0v) is 12.9. The Labute approximate surface area is 125 Å². The number of rotatable bonds is 4. The first-order valence-corrected chi connectivity index (χ1v) is 8.14. The summed E-state index contributed by atoms with van der Waals surface area (Å²) in [4.78, 5) is 1.91. The first-order chi connectivity index (χ1) is 9.84. The predicted molar refractivity (Wildman–Crippen MR) is 86.1 cm³/mol. The van der Waals surface area contributed by atoms with Crippen LogP contribution in [-0.4, -0.2) is 15.0 Å². The molecule has 0 fully saturated rings. The molecule has 0 saturated heterocycles. The lowest BCUT2D eigenvalue weighted by Crippen LogP contribution is -2.20. The van der Waals surface area contributed by atoms with Crippen molar-refractivity contribution in [1.29, 1.82) is 0 Å². The van der Waals surface area contributed by atoms with Crippen molar-refractivity contribution in [3.05, 3.63) is 48.0 Å². The molecule has 21 heavy (non-hydrogen) atoms. The molecule has 2 aromatic rings. The number of benzene rings is 2. The molecule has 0 saturated carbocycles. The quantitative estimate of drug-likeness (QED) is 0.849. The topological polar surface area (TPSA) is 89.4 Å². The lowest BCUT2D eigenvalue weighted by atomic mass is 10.1. The van der Waals surface area contributed by atoms with Crippen molar-refractivity contribution in [2.45, 2.75) is 18.7 Å². The molecular weight excluding hydrogens is 286 g/mol. The van der Waals surface area contributed by atoms with E-state index in [0.29, 0.717) is 12.2 Å². The molecule has 0 bridgehead atoms. The van der Waals surface area contributed by atoms with Gasteiger partial charge in [-0.1, -0.05) is 18.2 Å². The van der Waals surface area contributed by atoms with E-state index in [1.165, 1.54) is 6.07 Å². The standard InChI is InChI=1S/C15H19N3O2S/c1-3-18(12-7-4-6-11(2)10-12)13-8-5-9-14(15(13)16)21(17,19)20/h4-10H,3,16H2,1-2H3,(H2,17,19,20). The molecule has 2 rings (SSSR count). The van der Waals surface area contributed by atoms with Crippen molar-refractivity contribution in [2.75, 3.05) is 17.2 Å². The Morgan fingerprint density at radius 2 is 1.81 bits per heavy atom. The van der Waals surface area contributed by atoms with Crippen LogP contribution >= 0.6 is 0 Å². The minimum absolute atomic E-state index is 0.0499. The van der Waals surface area contributed by atoms with Crippen molar-refractivity contribution in [2.24, 2.45) is 5.14 Å². The smallest absolute Gasteiger partial charge is 0.240 e. The fraction of sp³-hybridized carbons (Fsp3) is 0.200. The molecular formula is C15H19N3O2S. The Bertz CT molecular complexity index is 757. The minimum Gasteiger partial charge on any atom is -0.396 e. The van der Waals surface area contributed by atoms with E-state index in [1.807, 2.05) is 43.0 Å². The van der Waals surface area contributed by atoms with Gasteiger partial charge in [0, 0.05) is 12.2 Å². The third-order valence-electron chi connectivity index (χ3n) is 3.27. The molecule has 0 aliphatic rings. The zero-order chi connectivity index (χ0) is 15.6. The van der Waals surface area contributed by atoms with Gasteiger partial charge in [-0.2, -0.15) is 0 Å². The van der Waals surface area contributed by atoms with Crippen molar-refractivity contribution < 1.29 is 8.42 Å². The Hall–Kier alpha value is -2.05. The number of aryl methyl sites for hydroxylation is 1. The van der Waals surface area contributed by atoms with Gasteiger partial charge in [0.25, 0.3) is 0 Å². The van der Waals surface area contributed by atoms with Gasteiger partial charge in [0.1, 0.15) is 4.90 Å².